The van der Waals surface area contributed by atoms with Crippen molar-refractivity contribution in [3.05, 3.63) is 42.0 Å². The second-order valence-corrected chi connectivity index (χ2v) is 5.99. The van der Waals surface area contributed by atoms with Crippen LogP contribution >= 0.6 is 0 Å². The molecule has 0 radical (unpaired) electrons. The van der Waals surface area contributed by atoms with Crippen LogP contribution in [0.4, 0.5) is 5.69 Å². The van der Waals surface area contributed by atoms with E-state index in [1.807, 2.05) is 0 Å². The van der Waals surface area contributed by atoms with Gasteiger partial charge in [-0.3, -0.25) is 0 Å². The van der Waals surface area contributed by atoms with Gasteiger partial charge in [0.25, 0.3) is 0 Å². The van der Waals surface area contributed by atoms with E-state index >= 15 is 0 Å². The fraction of sp³-hybridized carbons (Fsp3) is 0.143. The monoisotopic (exact) mass is 308 g/mol. The maximum absolute atomic E-state index is 11.5. The van der Waals surface area contributed by atoms with Crippen LogP contribution in [0.2, 0.25) is 0 Å². The number of primary sulfonamides is 1. The van der Waals surface area contributed by atoms with Crippen molar-refractivity contribution in [2.45, 2.75) is 11.8 Å². The van der Waals surface area contributed by atoms with Crippen LogP contribution in [0.5, 0.6) is 17.2 Å². The summed E-state index contributed by atoms with van der Waals surface area (Å²) in [7, 11) is -2.30. The van der Waals surface area contributed by atoms with Crippen LogP contribution in [0.1, 0.15) is 5.56 Å². The Morgan fingerprint density at radius 1 is 1.05 bits per heavy atom. The number of nitrogens with two attached hydrogens (primary N) is 2. The van der Waals surface area contributed by atoms with Gasteiger partial charge in [0, 0.05) is 17.3 Å². The third-order valence-corrected chi connectivity index (χ3v) is 3.97. The highest BCUT2D eigenvalue weighted by Gasteiger charge is 2.16. The molecule has 0 saturated heterocycles. The standard InChI is InChI=1S/C14H16N2O4S/c1-9-13(7-10(15)8-14(9)21(16,17)18)20-12-5-3-11(19-2)4-6-12/h3-8H,15H2,1-2H3,(H2,16,17,18). The Kier molecular flexibility index (Phi) is 4.06. The Morgan fingerprint density at radius 3 is 2.14 bits per heavy atom. The fourth-order valence-corrected chi connectivity index (χ4v) is 2.68. The van der Waals surface area contributed by atoms with Crippen LogP contribution in [-0.4, -0.2) is 15.5 Å². The highest BCUT2D eigenvalue weighted by molar-refractivity contribution is 7.89. The lowest BCUT2D eigenvalue weighted by Crippen LogP contribution is -2.14. The lowest BCUT2D eigenvalue weighted by molar-refractivity contribution is 0.412. The summed E-state index contributed by atoms with van der Waals surface area (Å²) in [5.74, 6) is 1.56. The Morgan fingerprint density at radius 2 is 1.62 bits per heavy atom. The molecule has 0 fully saturated rings. The van der Waals surface area contributed by atoms with Crippen LogP contribution in [0.25, 0.3) is 0 Å². The number of hydrogen-bond acceptors (Lipinski definition) is 5. The Hall–Kier alpha value is -2.25. The molecule has 2 rings (SSSR count). The van der Waals surface area contributed by atoms with Crippen LogP contribution in [-0.2, 0) is 10.0 Å². The molecule has 112 valence electrons. The van der Waals surface area contributed by atoms with E-state index in [0.717, 1.165) is 0 Å². The topological polar surface area (TPSA) is 105 Å². The number of sulfonamides is 1. The predicted octanol–water partition coefficient (Wildman–Crippen LogP) is 2.03. The SMILES string of the molecule is COc1ccc(Oc2cc(N)cc(S(N)(=O)=O)c2C)cc1. The van der Waals surface area contributed by atoms with Crippen molar-refractivity contribution in [2.75, 3.05) is 12.8 Å². The summed E-state index contributed by atoms with van der Waals surface area (Å²) in [4.78, 5) is -0.0500. The first kappa shape index (κ1) is 15.1. The molecule has 4 N–H and O–H groups in total. The lowest BCUT2D eigenvalue weighted by Gasteiger charge is -2.13. The first-order valence-electron chi connectivity index (χ1n) is 6.06. The largest absolute Gasteiger partial charge is 0.497 e. The van der Waals surface area contributed by atoms with Crippen LogP contribution in [0.15, 0.2) is 41.3 Å². The molecule has 0 heterocycles. The van der Waals surface area contributed by atoms with Crippen molar-refractivity contribution < 1.29 is 17.9 Å². The molecule has 0 saturated carbocycles. The van der Waals surface area contributed by atoms with Crippen LogP contribution < -0.4 is 20.3 Å². The number of anilines is 1. The zero-order valence-corrected chi connectivity index (χ0v) is 12.5. The fourth-order valence-electron chi connectivity index (χ4n) is 1.85. The van der Waals surface area contributed by atoms with Crippen molar-refractivity contribution in [1.29, 1.82) is 0 Å². The molecule has 0 aliphatic carbocycles. The van der Waals surface area contributed by atoms with E-state index < -0.39 is 10.0 Å². The summed E-state index contributed by atoms with van der Waals surface area (Å²) in [6.07, 6.45) is 0. The highest BCUT2D eigenvalue weighted by Crippen LogP contribution is 2.32. The number of rotatable bonds is 4. The number of benzene rings is 2. The van der Waals surface area contributed by atoms with Gasteiger partial charge in [0.05, 0.1) is 12.0 Å². The first-order chi connectivity index (χ1) is 9.81. The van der Waals surface area contributed by atoms with Crippen molar-refractivity contribution in [2.24, 2.45) is 5.14 Å². The van der Waals surface area contributed by atoms with E-state index in [-0.39, 0.29) is 10.6 Å². The molecule has 0 aliphatic heterocycles. The molecular formula is C14H16N2O4S. The van der Waals surface area contributed by atoms with Gasteiger partial charge < -0.3 is 15.2 Å². The van der Waals surface area contributed by atoms with Crippen LogP contribution in [0, 0.1) is 6.92 Å². The maximum Gasteiger partial charge on any atom is 0.238 e. The molecule has 6 nitrogen and oxygen atoms in total. The van der Waals surface area contributed by atoms with E-state index in [1.54, 1.807) is 44.4 Å². The van der Waals surface area contributed by atoms with Gasteiger partial charge in [-0.15, -0.1) is 0 Å². The molecule has 2 aromatic rings. The minimum absolute atomic E-state index is 0.0500. The van der Waals surface area contributed by atoms with E-state index in [0.29, 0.717) is 22.8 Å². The van der Waals surface area contributed by atoms with Gasteiger partial charge in [-0.05, 0) is 37.3 Å². The minimum atomic E-state index is -3.86. The molecule has 2 aromatic carbocycles. The lowest BCUT2D eigenvalue weighted by atomic mass is 10.2. The van der Waals surface area contributed by atoms with E-state index in [4.69, 9.17) is 20.3 Å². The van der Waals surface area contributed by atoms with Gasteiger partial charge in [0.2, 0.25) is 10.0 Å². The predicted molar refractivity (Wildman–Crippen MR) is 80.0 cm³/mol. The molecule has 0 unspecified atom stereocenters. The van der Waals surface area contributed by atoms with E-state index in [9.17, 15) is 8.42 Å². The molecule has 0 bridgehead atoms. The van der Waals surface area contributed by atoms with Crippen LogP contribution in [0.3, 0.4) is 0 Å². The van der Waals surface area contributed by atoms with Gasteiger partial charge >= 0.3 is 0 Å². The molecule has 0 atom stereocenters. The van der Waals surface area contributed by atoms with Gasteiger partial charge in [0.15, 0.2) is 0 Å². The van der Waals surface area contributed by atoms with Crippen molar-refractivity contribution in [3.63, 3.8) is 0 Å². The van der Waals surface area contributed by atoms with Gasteiger partial charge in [-0.25, -0.2) is 13.6 Å². The molecule has 0 aliphatic rings. The summed E-state index contributed by atoms with van der Waals surface area (Å²) in [5, 5.41) is 5.17. The van der Waals surface area contributed by atoms with Gasteiger partial charge in [-0.1, -0.05) is 0 Å². The molecule has 21 heavy (non-hydrogen) atoms. The molecular weight excluding hydrogens is 292 g/mol. The number of nitrogen functional groups attached to an aromatic ring is 1. The maximum atomic E-state index is 11.5. The zero-order valence-electron chi connectivity index (χ0n) is 11.7. The smallest absolute Gasteiger partial charge is 0.238 e. The quantitative estimate of drug-likeness (QED) is 0.841. The molecule has 0 spiro atoms. The second kappa shape index (κ2) is 5.63. The number of ether oxygens (including phenoxy) is 2. The third-order valence-electron chi connectivity index (χ3n) is 2.93. The minimum Gasteiger partial charge on any atom is -0.497 e. The van der Waals surface area contributed by atoms with E-state index in [2.05, 4.69) is 0 Å². The van der Waals surface area contributed by atoms with Crippen molar-refractivity contribution in [1.82, 2.24) is 0 Å². The summed E-state index contributed by atoms with van der Waals surface area (Å²) >= 11 is 0. The zero-order chi connectivity index (χ0) is 15.6. The summed E-state index contributed by atoms with van der Waals surface area (Å²) < 4.78 is 33.8. The summed E-state index contributed by atoms with van der Waals surface area (Å²) in [6.45, 7) is 1.61. The summed E-state index contributed by atoms with van der Waals surface area (Å²) in [6, 6.07) is 9.74. The van der Waals surface area contributed by atoms with Gasteiger partial charge in [0.1, 0.15) is 17.2 Å². The van der Waals surface area contributed by atoms with E-state index in [1.165, 1.54) is 6.07 Å². The number of methoxy groups -OCH3 is 1. The average Bonchev–Trinajstić information content (AvgIpc) is 2.42. The molecule has 0 aromatic heterocycles. The molecule has 0 amide bonds. The molecule has 7 heteroatoms. The Labute approximate surface area is 123 Å². The Bertz CT molecular complexity index is 755. The van der Waals surface area contributed by atoms with Crippen molar-refractivity contribution in [3.8, 4) is 17.2 Å². The first-order valence-corrected chi connectivity index (χ1v) is 7.60. The third kappa shape index (κ3) is 3.45. The normalized spacial score (nSPS) is 11.2. The Balaban J connectivity index is 2.42. The number of hydrogen-bond donors (Lipinski definition) is 2. The van der Waals surface area contributed by atoms with Gasteiger partial charge in [-0.2, -0.15) is 0 Å². The summed E-state index contributed by atoms with van der Waals surface area (Å²) in [5.41, 5.74) is 6.37. The average molecular weight is 308 g/mol. The second-order valence-electron chi connectivity index (χ2n) is 4.46. The highest BCUT2D eigenvalue weighted by atomic mass is 32.2. The van der Waals surface area contributed by atoms with Crippen molar-refractivity contribution >= 4 is 15.7 Å².